The Morgan fingerprint density at radius 3 is 2.56 bits per heavy atom. The van der Waals surface area contributed by atoms with Crippen LogP contribution < -0.4 is 20.3 Å². The van der Waals surface area contributed by atoms with Crippen LogP contribution in [0.3, 0.4) is 0 Å². The van der Waals surface area contributed by atoms with Gasteiger partial charge in [0.05, 0.1) is 45.5 Å². The number of amides is 1. The van der Waals surface area contributed by atoms with Gasteiger partial charge in [-0.05, 0) is 96.5 Å². The first-order chi connectivity index (χ1) is 33.9. The number of carbonyl (C=O) groups is 1. The molecule has 3 N–H and O–H groups in total. The number of nitro groups is 1. The van der Waals surface area contributed by atoms with E-state index in [1.807, 2.05) is 47.2 Å². The third-order valence-electron chi connectivity index (χ3n) is 13.7. The van der Waals surface area contributed by atoms with Crippen molar-refractivity contribution in [2.24, 2.45) is 5.41 Å². The molecule has 0 bridgehead atoms. The molecule has 3 aromatic carbocycles. The number of sulfonamides is 1. The summed E-state index contributed by atoms with van der Waals surface area (Å²) in [6.07, 6.45) is 6.53. The van der Waals surface area contributed by atoms with Crippen LogP contribution in [0.4, 0.5) is 17.1 Å². The Kier molecular flexibility index (Phi) is 14.7. The van der Waals surface area contributed by atoms with Gasteiger partial charge in [-0.3, -0.25) is 19.8 Å². The predicted molar refractivity (Wildman–Crippen MR) is 282 cm³/mol. The average molecular weight is 1020 g/mol. The van der Waals surface area contributed by atoms with Crippen molar-refractivity contribution in [3.8, 4) is 5.69 Å². The minimum absolute atomic E-state index is 0.0326. The predicted octanol–water partition coefficient (Wildman–Crippen LogP) is 8.55. The molecule has 71 heavy (non-hydrogen) atoms. The van der Waals surface area contributed by atoms with E-state index in [0.717, 1.165) is 85.8 Å². The third kappa shape index (κ3) is 11.8. The van der Waals surface area contributed by atoms with Crippen LogP contribution in [0.15, 0.2) is 95.7 Å². The van der Waals surface area contributed by atoms with Crippen molar-refractivity contribution in [2.45, 2.75) is 76.5 Å². The summed E-state index contributed by atoms with van der Waals surface area (Å²) >= 11 is 6.28. The van der Waals surface area contributed by atoms with Gasteiger partial charge in [-0.1, -0.05) is 62.8 Å². The number of fused-ring (bicyclic) bond motifs is 2. The van der Waals surface area contributed by atoms with Gasteiger partial charge in [0, 0.05) is 95.4 Å². The molecule has 0 radical (unpaired) electrons. The second-order valence-electron chi connectivity index (χ2n) is 20.8. The van der Waals surface area contributed by atoms with Crippen LogP contribution >= 0.6 is 11.6 Å². The summed E-state index contributed by atoms with van der Waals surface area (Å²) in [7, 11) is -5.88. The normalized spacial score (nSPS) is 18.1. The van der Waals surface area contributed by atoms with E-state index in [2.05, 4.69) is 70.8 Å². The largest absolute Gasteiger partial charge is 0.377 e. The maximum absolute atomic E-state index is 14.4. The lowest BCUT2D eigenvalue weighted by Gasteiger charge is -2.39. The number of anilines is 2. The molecule has 20 heteroatoms. The Labute approximate surface area is 420 Å². The summed E-state index contributed by atoms with van der Waals surface area (Å²) in [5, 5.41) is 24.8. The molecule has 0 spiro atoms. The van der Waals surface area contributed by atoms with Gasteiger partial charge >= 0.3 is 0 Å². The molecule has 1 atom stereocenters. The highest BCUT2D eigenvalue weighted by atomic mass is 35.5. The number of allylic oxidation sites excluding steroid dienone is 1. The van der Waals surface area contributed by atoms with Gasteiger partial charge in [0.25, 0.3) is 21.6 Å². The lowest BCUT2D eigenvalue weighted by atomic mass is 9.72. The summed E-state index contributed by atoms with van der Waals surface area (Å²) in [4.78, 5) is 35.3. The lowest BCUT2D eigenvalue weighted by molar-refractivity contribution is -0.384. The van der Waals surface area contributed by atoms with E-state index >= 15 is 0 Å². The third-order valence-corrected chi connectivity index (χ3v) is 17.0. The minimum Gasteiger partial charge on any atom is -0.377 e. The maximum Gasteiger partial charge on any atom is 0.293 e. The van der Waals surface area contributed by atoms with Gasteiger partial charge in [-0.15, -0.1) is 0 Å². The van der Waals surface area contributed by atoms with E-state index in [1.165, 1.54) is 28.8 Å². The molecule has 3 aliphatic rings. The van der Waals surface area contributed by atoms with Crippen LogP contribution in [0.5, 0.6) is 0 Å². The molecule has 6 aromatic rings. The Bertz CT molecular complexity index is 3080. The van der Waals surface area contributed by atoms with Gasteiger partial charge < -0.3 is 29.6 Å². The topological polar surface area (TPSA) is 191 Å². The second-order valence-corrected chi connectivity index (χ2v) is 28.6. The summed E-state index contributed by atoms with van der Waals surface area (Å²) in [6.45, 7) is 18.7. The summed E-state index contributed by atoms with van der Waals surface area (Å²) in [6, 6.07) is 22.0. The minimum atomic E-state index is -4.61. The molecule has 2 aliphatic heterocycles. The summed E-state index contributed by atoms with van der Waals surface area (Å²) in [5.41, 5.74) is 7.12. The van der Waals surface area contributed by atoms with Crippen LogP contribution in [0.2, 0.25) is 30.7 Å². The first-order valence-electron chi connectivity index (χ1n) is 24.3. The number of nitrogens with one attached hydrogen (secondary N) is 3. The van der Waals surface area contributed by atoms with Crippen molar-refractivity contribution in [1.82, 2.24) is 34.3 Å². The number of piperazine rings is 1. The van der Waals surface area contributed by atoms with Crippen LogP contribution in [-0.2, 0) is 26.2 Å². The number of carbonyl (C=O) groups excluding carboxylic acids is 1. The van der Waals surface area contributed by atoms with Gasteiger partial charge in [0.1, 0.15) is 23.6 Å². The Hall–Kier alpha value is -5.67. The van der Waals surface area contributed by atoms with Crippen LogP contribution in [0.1, 0.15) is 49.0 Å². The fraction of sp³-hybridized carbons (Fsp3) is 0.431. The molecule has 5 heterocycles. The number of ether oxygens (including phenoxy) is 2. The molecular weight excluding hydrogens is 960 g/mol. The number of pyridine rings is 1. The second kappa shape index (κ2) is 20.8. The van der Waals surface area contributed by atoms with Gasteiger partial charge in [-0.25, -0.2) is 22.8 Å². The molecule has 1 unspecified atom stereocenters. The van der Waals surface area contributed by atoms with E-state index in [0.29, 0.717) is 49.8 Å². The lowest BCUT2D eigenvalue weighted by Crippen LogP contribution is -2.47. The number of rotatable bonds is 17. The van der Waals surface area contributed by atoms with Crippen LogP contribution in [-0.4, -0.2) is 123 Å². The van der Waals surface area contributed by atoms with Crippen molar-refractivity contribution >= 4 is 80.3 Å². The number of benzene rings is 3. The van der Waals surface area contributed by atoms with Gasteiger partial charge in [-0.2, -0.15) is 5.10 Å². The highest BCUT2D eigenvalue weighted by molar-refractivity contribution is 7.90. The smallest absolute Gasteiger partial charge is 0.293 e. The molecule has 1 amide bonds. The molecule has 1 aliphatic carbocycles. The highest BCUT2D eigenvalue weighted by Gasteiger charge is 2.31. The number of morpholine rings is 1. The SMILES string of the molecule is CC1(C)CCC(CN2CCN(c3ccc(C(=O)NS(=O)(=O)c4ccc(NCC5CNCCO5)c([N+](=O)[O-])c4)c(-n4ncc5nc6c(ccn6COCC[Si](C)(C)C)cc54)c3)CC2)=C(c2ccc(Cl)cc2)C1. The number of nitrogens with zero attached hydrogens (tertiary/aromatic N) is 7. The highest BCUT2D eigenvalue weighted by Crippen LogP contribution is 2.43. The number of nitro benzene ring substituents is 1. The standard InChI is InChI=1S/C51H63ClN10O7SSi/c1-51(2)16-14-37(43(29-51)35-6-8-38(52)9-7-35)33-58-19-21-59(22-20-58)39-10-12-42(50(63)57-70(66,67)41-11-13-44(48(28-41)62(64)65)54-31-40-30-53-17-23-69-40)46(27-39)61-47-26-36-15-18-60(34-68-24-25-71(3,4)5)49(36)56-45(47)32-55-61/h6-13,15,18,26-28,32,40,53-54H,14,16-17,19-25,29-31,33-34H2,1-5H3,(H,57,63). The number of hydrogen-bond acceptors (Lipinski definition) is 13. The molecular formula is C51H63ClN10O7SSi. The first kappa shape index (κ1) is 50.3. The zero-order chi connectivity index (χ0) is 50.1. The molecule has 17 nitrogen and oxygen atoms in total. The molecule has 2 saturated heterocycles. The monoisotopic (exact) mass is 1020 g/mol. The van der Waals surface area contributed by atoms with Crippen LogP contribution in [0, 0.1) is 15.5 Å². The average Bonchev–Trinajstić information content (AvgIpc) is 3.95. The van der Waals surface area contributed by atoms with Crippen molar-refractivity contribution in [3.05, 3.63) is 117 Å². The van der Waals surface area contributed by atoms with E-state index in [9.17, 15) is 23.3 Å². The van der Waals surface area contributed by atoms with Crippen molar-refractivity contribution in [2.75, 3.05) is 75.8 Å². The zero-order valence-corrected chi connectivity index (χ0v) is 43.6. The fourth-order valence-electron chi connectivity index (χ4n) is 9.56. The van der Waals surface area contributed by atoms with Crippen LogP contribution in [0.25, 0.3) is 33.3 Å². The molecule has 376 valence electrons. The van der Waals surface area contributed by atoms with E-state index in [4.69, 9.17) is 31.2 Å². The Balaban J connectivity index is 0.993. The zero-order valence-electron chi connectivity index (χ0n) is 41.0. The fourth-order valence-corrected chi connectivity index (χ4v) is 11.4. The Morgan fingerprint density at radius 1 is 1.04 bits per heavy atom. The number of aromatic nitrogens is 4. The molecule has 2 fully saturated rings. The van der Waals surface area contributed by atoms with E-state index in [-0.39, 0.29) is 29.3 Å². The number of hydrogen-bond donors (Lipinski definition) is 3. The first-order valence-corrected chi connectivity index (χ1v) is 29.9. The van der Waals surface area contributed by atoms with Gasteiger partial charge in [0.2, 0.25) is 0 Å². The van der Waals surface area contributed by atoms with Crippen molar-refractivity contribution in [1.29, 1.82) is 0 Å². The van der Waals surface area contributed by atoms with Crippen molar-refractivity contribution in [3.63, 3.8) is 0 Å². The van der Waals surface area contributed by atoms with E-state index in [1.54, 1.807) is 16.9 Å². The summed E-state index contributed by atoms with van der Waals surface area (Å²) in [5.74, 6) is -0.928. The number of halogens is 1. The Morgan fingerprint density at radius 2 is 1.83 bits per heavy atom. The molecule has 3 aromatic heterocycles. The van der Waals surface area contributed by atoms with Gasteiger partial charge in [0.15, 0.2) is 0 Å². The molecule has 0 saturated carbocycles. The summed E-state index contributed by atoms with van der Waals surface area (Å²) < 4.78 is 45.5. The van der Waals surface area contributed by atoms with E-state index < -0.39 is 39.5 Å². The quantitative estimate of drug-likeness (QED) is 0.0341. The maximum atomic E-state index is 14.4. The molecule has 9 rings (SSSR count). The van der Waals surface area contributed by atoms with Crippen molar-refractivity contribution < 1.29 is 27.6 Å².